The standard InChI is InChI=1S/C14H18FN3OS/c1-10(19)18-6-4-17(5-7-18)9-11-2-3-12(15)8-13(11)14(16)20/h2-3,8H,4-7,9H2,1H3,(H2,16,20). The van der Waals surface area contributed by atoms with Crippen molar-refractivity contribution < 1.29 is 9.18 Å². The van der Waals surface area contributed by atoms with E-state index >= 15 is 0 Å². The van der Waals surface area contributed by atoms with Crippen LogP contribution in [0.2, 0.25) is 0 Å². The van der Waals surface area contributed by atoms with Gasteiger partial charge in [-0.3, -0.25) is 9.69 Å². The molecule has 0 aliphatic carbocycles. The second-order valence-corrected chi connectivity index (χ2v) is 5.39. The molecule has 2 rings (SSSR count). The fourth-order valence-electron chi connectivity index (χ4n) is 2.38. The molecule has 0 unspecified atom stereocenters. The third-order valence-electron chi connectivity index (χ3n) is 3.55. The molecular formula is C14H18FN3OS. The molecule has 0 saturated carbocycles. The van der Waals surface area contributed by atoms with E-state index < -0.39 is 0 Å². The van der Waals surface area contributed by atoms with Crippen LogP contribution in [0.15, 0.2) is 18.2 Å². The Morgan fingerprint density at radius 1 is 1.35 bits per heavy atom. The monoisotopic (exact) mass is 295 g/mol. The van der Waals surface area contributed by atoms with Crippen molar-refractivity contribution in [2.75, 3.05) is 26.2 Å². The Bertz CT molecular complexity index is 527. The highest BCUT2D eigenvalue weighted by molar-refractivity contribution is 7.80. The number of hydrogen-bond acceptors (Lipinski definition) is 3. The molecule has 1 heterocycles. The summed E-state index contributed by atoms with van der Waals surface area (Å²) in [7, 11) is 0. The van der Waals surface area contributed by atoms with Gasteiger partial charge in [0.05, 0.1) is 0 Å². The number of piperazine rings is 1. The first-order valence-corrected chi connectivity index (χ1v) is 6.94. The van der Waals surface area contributed by atoms with Crippen LogP contribution in [0, 0.1) is 5.82 Å². The van der Waals surface area contributed by atoms with E-state index in [-0.39, 0.29) is 16.7 Å². The molecule has 1 fully saturated rings. The van der Waals surface area contributed by atoms with Crippen molar-refractivity contribution >= 4 is 23.1 Å². The van der Waals surface area contributed by atoms with Crippen molar-refractivity contribution in [3.05, 3.63) is 35.1 Å². The summed E-state index contributed by atoms with van der Waals surface area (Å²) in [5.41, 5.74) is 7.16. The van der Waals surface area contributed by atoms with Gasteiger partial charge in [0, 0.05) is 45.2 Å². The molecule has 1 aliphatic rings. The number of thiocarbonyl (C=S) groups is 1. The highest BCUT2D eigenvalue weighted by Crippen LogP contribution is 2.15. The Morgan fingerprint density at radius 3 is 2.55 bits per heavy atom. The van der Waals surface area contributed by atoms with Crippen LogP contribution in [0.1, 0.15) is 18.1 Å². The number of halogens is 1. The highest BCUT2D eigenvalue weighted by Gasteiger charge is 2.19. The molecular weight excluding hydrogens is 277 g/mol. The normalized spacial score (nSPS) is 16.2. The molecule has 0 bridgehead atoms. The lowest BCUT2D eigenvalue weighted by atomic mass is 10.1. The van der Waals surface area contributed by atoms with E-state index in [9.17, 15) is 9.18 Å². The predicted octanol–water partition coefficient (Wildman–Crippen LogP) is 1.12. The Balaban J connectivity index is 2.04. The molecule has 6 heteroatoms. The third-order valence-corrected chi connectivity index (χ3v) is 3.77. The van der Waals surface area contributed by atoms with Crippen molar-refractivity contribution in [2.45, 2.75) is 13.5 Å². The van der Waals surface area contributed by atoms with Crippen LogP contribution >= 0.6 is 12.2 Å². The first kappa shape index (κ1) is 14.9. The van der Waals surface area contributed by atoms with Gasteiger partial charge in [-0.1, -0.05) is 18.3 Å². The topological polar surface area (TPSA) is 49.6 Å². The smallest absolute Gasteiger partial charge is 0.219 e. The summed E-state index contributed by atoms with van der Waals surface area (Å²) in [5, 5.41) is 0. The van der Waals surface area contributed by atoms with Gasteiger partial charge in [-0.2, -0.15) is 0 Å². The molecule has 108 valence electrons. The second kappa shape index (κ2) is 6.28. The highest BCUT2D eigenvalue weighted by atomic mass is 32.1. The maximum atomic E-state index is 13.3. The van der Waals surface area contributed by atoms with Gasteiger partial charge in [0.15, 0.2) is 0 Å². The van der Waals surface area contributed by atoms with Crippen LogP contribution in [0.5, 0.6) is 0 Å². The largest absolute Gasteiger partial charge is 0.389 e. The molecule has 1 saturated heterocycles. The number of benzene rings is 1. The second-order valence-electron chi connectivity index (χ2n) is 4.95. The predicted molar refractivity (Wildman–Crippen MR) is 79.8 cm³/mol. The number of carbonyl (C=O) groups excluding carboxylic acids is 1. The molecule has 20 heavy (non-hydrogen) atoms. The summed E-state index contributed by atoms with van der Waals surface area (Å²) in [6.45, 7) is 5.29. The average molecular weight is 295 g/mol. The minimum absolute atomic E-state index is 0.107. The minimum atomic E-state index is -0.335. The van der Waals surface area contributed by atoms with Crippen LogP contribution in [0.25, 0.3) is 0 Å². The van der Waals surface area contributed by atoms with Gasteiger partial charge in [0.1, 0.15) is 10.8 Å². The summed E-state index contributed by atoms with van der Waals surface area (Å²) >= 11 is 4.97. The molecule has 1 aliphatic heterocycles. The molecule has 1 aromatic carbocycles. The Hall–Kier alpha value is -1.53. The molecule has 1 aromatic rings. The van der Waals surface area contributed by atoms with Gasteiger partial charge in [-0.25, -0.2) is 4.39 Å². The summed E-state index contributed by atoms with van der Waals surface area (Å²) in [5.74, 6) is -0.229. The lowest BCUT2D eigenvalue weighted by molar-refractivity contribution is -0.130. The van der Waals surface area contributed by atoms with Crippen molar-refractivity contribution in [1.82, 2.24) is 9.80 Å². The SMILES string of the molecule is CC(=O)N1CCN(Cc2ccc(F)cc2C(N)=S)CC1. The van der Waals surface area contributed by atoms with Crippen LogP contribution in [-0.2, 0) is 11.3 Å². The van der Waals surface area contributed by atoms with Gasteiger partial charge in [0.25, 0.3) is 0 Å². The number of nitrogens with zero attached hydrogens (tertiary/aromatic N) is 2. The average Bonchev–Trinajstić information content (AvgIpc) is 2.41. The zero-order valence-electron chi connectivity index (χ0n) is 11.4. The van der Waals surface area contributed by atoms with Gasteiger partial charge >= 0.3 is 0 Å². The van der Waals surface area contributed by atoms with Crippen LogP contribution in [0.4, 0.5) is 4.39 Å². The minimum Gasteiger partial charge on any atom is -0.389 e. The van der Waals surface area contributed by atoms with Crippen LogP contribution in [0.3, 0.4) is 0 Å². The Kier molecular flexibility index (Phi) is 4.67. The third kappa shape index (κ3) is 3.52. The van der Waals surface area contributed by atoms with E-state index in [2.05, 4.69) is 4.90 Å². The summed E-state index contributed by atoms with van der Waals surface area (Å²) in [6, 6.07) is 4.52. The van der Waals surface area contributed by atoms with E-state index in [1.54, 1.807) is 13.0 Å². The Morgan fingerprint density at radius 2 is 2.00 bits per heavy atom. The lowest BCUT2D eigenvalue weighted by Crippen LogP contribution is -2.47. The van der Waals surface area contributed by atoms with Gasteiger partial charge in [-0.15, -0.1) is 0 Å². The van der Waals surface area contributed by atoms with Crippen molar-refractivity contribution in [3.8, 4) is 0 Å². The fraction of sp³-hybridized carbons (Fsp3) is 0.429. The molecule has 1 amide bonds. The molecule has 0 radical (unpaired) electrons. The molecule has 0 aromatic heterocycles. The number of hydrogen-bond donors (Lipinski definition) is 1. The van der Waals surface area contributed by atoms with Crippen molar-refractivity contribution in [2.24, 2.45) is 5.73 Å². The van der Waals surface area contributed by atoms with Crippen LogP contribution in [-0.4, -0.2) is 46.9 Å². The molecule has 4 nitrogen and oxygen atoms in total. The van der Waals surface area contributed by atoms with E-state index in [0.717, 1.165) is 31.7 Å². The quantitative estimate of drug-likeness (QED) is 0.849. The van der Waals surface area contributed by atoms with Crippen molar-refractivity contribution in [3.63, 3.8) is 0 Å². The maximum Gasteiger partial charge on any atom is 0.219 e. The number of nitrogens with two attached hydrogens (primary N) is 1. The number of amides is 1. The summed E-state index contributed by atoms with van der Waals surface area (Å²) in [6.07, 6.45) is 0. The van der Waals surface area contributed by atoms with E-state index in [1.165, 1.54) is 12.1 Å². The maximum absolute atomic E-state index is 13.3. The van der Waals surface area contributed by atoms with Crippen LogP contribution < -0.4 is 5.73 Å². The molecule has 2 N–H and O–H groups in total. The number of rotatable bonds is 3. The van der Waals surface area contributed by atoms with E-state index in [0.29, 0.717) is 12.1 Å². The van der Waals surface area contributed by atoms with Gasteiger partial charge in [0.2, 0.25) is 5.91 Å². The Labute approximate surface area is 123 Å². The fourth-order valence-corrected chi connectivity index (χ4v) is 2.57. The molecule has 0 atom stereocenters. The summed E-state index contributed by atoms with van der Waals surface area (Å²) < 4.78 is 13.3. The first-order chi connectivity index (χ1) is 9.47. The van der Waals surface area contributed by atoms with Crippen molar-refractivity contribution in [1.29, 1.82) is 0 Å². The lowest BCUT2D eigenvalue weighted by Gasteiger charge is -2.34. The van der Waals surface area contributed by atoms with E-state index in [1.807, 2.05) is 4.90 Å². The summed E-state index contributed by atoms with van der Waals surface area (Å²) in [4.78, 5) is 15.5. The van der Waals surface area contributed by atoms with Gasteiger partial charge in [-0.05, 0) is 17.7 Å². The number of carbonyl (C=O) groups is 1. The zero-order chi connectivity index (χ0) is 14.7. The first-order valence-electron chi connectivity index (χ1n) is 6.53. The van der Waals surface area contributed by atoms with Gasteiger partial charge < -0.3 is 10.6 Å². The zero-order valence-corrected chi connectivity index (χ0v) is 12.3. The molecule has 0 spiro atoms. The van der Waals surface area contributed by atoms with E-state index in [4.69, 9.17) is 18.0 Å².